The van der Waals surface area contributed by atoms with Gasteiger partial charge in [-0.3, -0.25) is 4.79 Å². The molecule has 0 bridgehead atoms. The van der Waals surface area contributed by atoms with Gasteiger partial charge in [-0.1, -0.05) is 36.4 Å². The molecule has 0 spiro atoms. The van der Waals surface area contributed by atoms with Crippen LogP contribution in [0, 0.1) is 13.8 Å². The van der Waals surface area contributed by atoms with Gasteiger partial charge >= 0.3 is 5.97 Å². The van der Waals surface area contributed by atoms with E-state index in [-0.39, 0.29) is 18.0 Å². The van der Waals surface area contributed by atoms with Gasteiger partial charge in [0.2, 0.25) is 0 Å². The first kappa shape index (κ1) is 20.6. The van der Waals surface area contributed by atoms with E-state index in [0.717, 1.165) is 29.9 Å². The number of esters is 1. The van der Waals surface area contributed by atoms with E-state index >= 15 is 0 Å². The quantitative estimate of drug-likeness (QED) is 0.473. The lowest BCUT2D eigenvalue weighted by atomic mass is 9.90. The van der Waals surface area contributed by atoms with Crippen molar-refractivity contribution in [1.82, 2.24) is 0 Å². The van der Waals surface area contributed by atoms with E-state index in [1.54, 1.807) is 0 Å². The summed E-state index contributed by atoms with van der Waals surface area (Å²) < 4.78 is 17.2. The van der Waals surface area contributed by atoms with Crippen LogP contribution in [0.25, 0.3) is 11.1 Å². The van der Waals surface area contributed by atoms with Gasteiger partial charge in [0.1, 0.15) is 17.6 Å². The largest absolute Gasteiger partial charge is 0.492 e. The number of aryl methyl sites for hydroxylation is 3. The molecule has 0 N–H and O–H groups in total. The van der Waals surface area contributed by atoms with E-state index in [1.807, 2.05) is 6.07 Å². The Kier molecular flexibility index (Phi) is 5.38. The van der Waals surface area contributed by atoms with E-state index in [2.05, 4.69) is 62.4 Å². The van der Waals surface area contributed by atoms with Gasteiger partial charge in [-0.2, -0.15) is 0 Å². The number of benzene rings is 3. The highest BCUT2D eigenvalue weighted by atomic mass is 16.5. The third kappa shape index (κ3) is 3.75. The molecule has 4 nitrogen and oxygen atoms in total. The highest BCUT2D eigenvalue weighted by Gasteiger charge is 2.31. The summed E-state index contributed by atoms with van der Waals surface area (Å²) in [6, 6.07) is 19.3. The number of methoxy groups -OCH3 is 1. The molecule has 3 aromatic carbocycles. The van der Waals surface area contributed by atoms with Gasteiger partial charge in [0, 0.05) is 17.5 Å². The zero-order chi connectivity index (χ0) is 22.2. The van der Waals surface area contributed by atoms with Crippen LogP contribution >= 0.6 is 0 Å². The maximum atomic E-state index is 11.7. The van der Waals surface area contributed by atoms with E-state index in [1.165, 1.54) is 40.5 Å². The average molecular weight is 429 g/mol. The second-order valence-electron chi connectivity index (χ2n) is 8.82. The molecule has 0 saturated heterocycles. The minimum Gasteiger partial charge on any atom is -0.492 e. The Morgan fingerprint density at radius 3 is 2.59 bits per heavy atom. The zero-order valence-electron chi connectivity index (χ0n) is 18.8. The van der Waals surface area contributed by atoms with Crippen LogP contribution in [0.2, 0.25) is 0 Å². The summed E-state index contributed by atoms with van der Waals surface area (Å²) in [5, 5.41) is 0. The number of fused-ring (bicyclic) bond motifs is 2. The first-order valence-electron chi connectivity index (χ1n) is 11.2. The molecule has 1 unspecified atom stereocenters. The smallest absolute Gasteiger partial charge is 0.306 e. The third-order valence-corrected chi connectivity index (χ3v) is 6.69. The van der Waals surface area contributed by atoms with Crippen LogP contribution in [-0.2, 0) is 16.0 Å². The summed E-state index contributed by atoms with van der Waals surface area (Å²) >= 11 is 0. The maximum absolute atomic E-state index is 11.7. The first-order valence-corrected chi connectivity index (χ1v) is 11.2. The summed E-state index contributed by atoms with van der Waals surface area (Å²) in [5.41, 5.74) is 8.57. The van der Waals surface area contributed by atoms with Crippen molar-refractivity contribution in [3.63, 3.8) is 0 Å². The molecule has 2 aliphatic rings. The summed E-state index contributed by atoms with van der Waals surface area (Å²) in [6.07, 6.45) is 2.21. The van der Waals surface area contributed by atoms with Gasteiger partial charge in [-0.05, 0) is 72.2 Å². The molecule has 3 aromatic rings. The second-order valence-corrected chi connectivity index (χ2v) is 8.82. The van der Waals surface area contributed by atoms with Crippen molar-refractivity contribution in [1.29, 1.82) is 0 Å². The molecule has 32 heavy (non-hydrogen) atoms. The van der Waals surface area contributed by atoms with Gasteiger partial charge in [0.15, 0.2) is 0 Å². The Bertz CT molecular complexity index is 1160. The van der Waals surface area contributed by atoms with E-state index in [4.69, 9.17) is 14.2 Å². The van der Waals surface area contributed by atoms with Crippen LogP contribution in [0.15, 0.2) is 54.6 Å². The number of carbonyl (C=O) groups is 1. The van der Waals surface area contributed by atoms with Crippen molar-refractivity contribution < 1.29 is 19.0 Å². The molecule has 0 amide bonds. The zero-order valence-corrected chi connectivity index (χ0v) is 18.8. The van der Waals surface area contributed by atoms with Gasteiger partial charge in [-0.15, -0.1) is 0 Å². The molecule has 2 heterocycles. The Labute approximate surface area is 189 Å². The van der Waals surface area contributed by atoms with Crippen LogP contribution < -0.4 is 9.47 Å². The number of carbonyl (C=O) groups excluding carboxylic acids is 1. The fourth-order valence-corrected chi connectivity index (χ4v) is 5.01. The van der Waals surface area contributed by atoms with Crippen molar-refractivity contribution >= 4 is 5.97 Å². The molecule has 0 saturated carbocycles. The molecule has 0 aliphatic carbocycles. The molecule has 2 atom stereocenters. The Balaban J connectivity index is 1.41. The topological polar surface area (TPSA) is 44.8 Å². The Hall–Kier alpha value is -3.27. The van der Waals surface area contributed by atoms with Crippen LogP contribution in [0.5, 0.6) is 11.5 Å². The van der Waals surface area contributed by atoms with E-state index in [9.17, 15) is 4.79 Å². The normalized spacial score (nSPS) is 18.8. The fourth-order valence-electron chi connectivity index (χ4n) is 5.01. The van der Waals surface area contributed by atoms with Crippen LogP contribution in [0.1, 0.15) is 52.7 Å². The van der Waals surface area contributed by atoms with Crippen molar-refractivity contribution in [3.8, 4) is 22.6 Å². The van der Waals surface area contributed by atoms with Gasteiger partial charge in [0.05, 0.1) is 20.1 Å². The average Bonchev–Trinajstić information content (AvgIpc) is 3.18. The maximum Gasteiger partial charge on any atom is 0.306 e. The Morgan fingerprint density at radius 1 is 1.03 bits per heavy atom. The van der Waals surface area contributed by atoms with Gasteiger partial charge in [0.25, 0.3) is 0 Å². The number of hydrogen-bond donors (Lipinski definition) is 0. The summed E-state index contributed by atoms with van der Waals surface area (Å²) in [5.74, 6) is 1.55. The lowest BCUT2D eigenvalue weighted by molar-refractivity contribution is -0.141. The van der Waals surface area contributed by atoms with Crippen molar-refractivity contribution in [3.05, 3.63) is 82.4 Å². The van der Waals surface area contributed by atoms with Crippen LogP contribution in [0.4, 0.5) is 0 Å². The predicted molar refractivity (Wildman–Crippen MR) is 124 cm³/mol. The van der Waals surface area contributed by atoms with Crippen molar-refractivity contribution in [2.24, 2.45) is 0 Å². The van der Waals surface area contributed by atoms with Crippen molar-refractivity contribution in [2.75, 3.05) is 13.7 Å². The minimum absolute atomic E-state index is 0.0112. The lowest BCUT2D eigenvalue weighted by Crippen LogP contribution is -2.15. The number of hydrogen-bond acceptors (Lipinski definition) is 4. The number of ether oxygens (including phenoxy) is 3. The molecule has 0 fully saturated rings. The van der Waals surface area contributed by atoms with Crippen LogP contribution in [0.3, 0.4) is 0 Å². The second kappa shape index (κ2) is 8.34. The predicted octanol–water partition coefficient (Wildman–Crippen LogP) is 6.08. The van der Waals surface area contributed by atoms with Gasteiger partial charge < -0.3 is 14.2 Å². The molecule has 0 aromatic heterocycles. The summed E-state index contributed by atoms with van der Waals surface area (Å²) in [6.45, 7) is 4.83. The van der Waals surface area contributed by atoms with Crippen molar-refractivity contribution in [2.45, 2.75) is 45.1 Å². The number of rotatable bonds is 4. The summed E-state index contributed by atoms with van der Waals surface area (Å²) in [7, 11) is 1.43. The third-order valence-electron chi connectivity index (χ3n) is 6.69. The van der Waals surface area contributed by atoms with Crippen LogP contribution in [-0.4, -0.2) is 19.7 Å². The molecular weight excluding hydrogens is 400 g/mol. The molecule has 5 rings (SSSR count). The lowest BCUT2D eigenvalue weighted by Gasteiger charge is -2.27. The standard InChI is InChI=1S/C28H28O4/c1-17-6-4-7-18(2)28(17)21-9-5-8-19(12-21)24-11-10-20-13-23-22(14-27(29)30-3)16-31-26(23)15-25(20)32-24/h4-9,12-13,15,22,24H,10-11,14,16H2,1-3H3/t22-,24?/m1/s1. The molecule has 0 radical (unpaired) electrons. The SMILES string of the molecule is COC(=O)C[C@@H]1COc2cc3c(cc21)CCC(c1cccc(-c2c(C)cccc2C)c1)O3. The molecule has 164 valence electrons. The monoisotopic (exact) mass is 428 g/mol. The van der Waals surface area contributed by atoms with Gasteiger partial charge in [-0.25, -0.2) is 0 Å². The highest BCUT2D eigenvalue weighted by Crippen LogP contribution is 2.44. The molecular formula is C28H28O4. The van der Waals surface area contributed by atoms with E-state index < -0.39 is 0 Å². The minimum atomic E-state index is -0.204. The highest BCUT2D eigenvalue weighted by molar-refractivity contribution is 5.72. The Morgan fingerprint density at radius 2 is 1.81 bits per heavy atom. The first-order chi connectivity index (χ1) is 15.5. The fraction of sp³-hybridized carbons (Fsp3) is 0.321. The molecule has 4 heteroatoms. The summed E-state index contributed by atoms with van der Waals surface area (Å²) in [4.78, 5) is 11.7. The molecule has 2 aliphatic heterocycles. The van der Waals surface area contributed by atoms with E-state index in [0.29, 0.717) is 13.0 Å².